The Morgan fingerprint density at radius 2 is 1.55 bits per heavy atom. The lowest BCUT2D eigenvalue weighted by Gasteiger charge is -2.38. The van der Waals surface area contributed by atoms with E-state index in [0.717, 1.165) is 79.8 Å². The molecule has 0 aliphatic carbocycles. The molecule has 0 saturated carbocycles. The lowest BCUT2D eigenvalue weighted by atomic mass is 10.1. The van der Waals surface area contributed by atoms with Gasteiger partial charge in [0.25, 0.3) is 5.91 Å². The van der Waals surface area contributed by atoms with Crippen molar-refractivity contribution in [3.63, 3.8) is 0 Å². The maximum Gasteiger partial charge on any atom is 0.323 e. The van der Waals surface area contributed by atoms with E-state index in [4.69, 9.17) is 4.74 Å². The Morgan fingerprint density at radius 3 is 2.21 bits per heavy atom. The minimum absolute atomic E-state index is 0.150. The molecule has 0 aromatic heterocycles. The van der Waals surface area contributed by atoms with Gasteiger partial charge < -0.3 is 35.4 Å². The van der Waals surface area contributed by atoms with Gasteiger partial charge in [-0.15, -0.1) is 0 Å². The zero-order valence-corrected chi connectivity index (χ0v) is 25.5. The summed E-state index contributed by atoms with van der Waals surface area (Å²) in [6.45, 7) is 14.5. The lowest BCUT2D eigenvalue weighted by molar-refractivity contribution is 0.0949. The molecule has 1 saturated heterocycles. The van der Waals surface area contributed by atoms with Crippen molar-refractivity contribution >= 4 is 34.7 Å². The molecule has 0 spiro atoms. The second-order valence-electron chi connectivity index (χ2n) is 10.6. The molecule has 1 heterocycles. The number of benzene rings is 3. The third-order valence-corrected chi connectivity index (χ3v) is 7.78. The summed E-state index contributed by atoms with van der Waals surface area (Å²) < 4.78 is 5.57. The molecule has 3 aromatic rings. The van der Waals surface area contributed by atoms with Crippen LogP contribution in [0.4, 0.5) is 27.5 Å². The molecule has 0 unspecified atom stereocenters. The highest BCUT2D eigenvalue weighted by Crippen LogP contribution is 2.31. The molecule has 4 rings (SSSR count). The summed E-state index contributed by atoms with van der Waals surface area (Å²) in [4.78, 5) is 33.2. The third kappa shape index (κ3) is 7.73. The Kier molecular flexibility index (Phi) is 10.7. The van der Waals surface area contributed by atoms with Gasteiger partial charge in [-0.3, -0.25) is 4.79 Å². The van der Waals surface area contributed by atoms with Gasteiger partial charge in [0.15, 0.2) is 0 Å². The van der Waals surface area contributed by atoms with Gasteiger partial charge in [0.2, 0.25) is 0 Å². The SMILES string of the molecule is CCN(CC)CCNC(=O)c1cc(NC(=O)Nc2ccc(C)cc2C)ccc1N1CCN(c2ccccc2OC)CC1. The number of nitrogens with zero attached hydrogens (tertiary/aromatic N) is 3. The van der Waals surface area contributed by atoms with Crippen LogP contribution in [0.25, 0.3) is 0 Å². The van der Waals surface area contributed by atoms with E-state index in [1.54, 1.807) is 13.2 Å². The van der Waals surface area contributed by atoms with Crippen LogP contribution in [0.5, 0.6) is 5.75 Å². The van der Waals surface area contributed by atoms with E-state index < -0.39 is 0 Å². The van der Waals surface area contributed by atoms with Crippen LogP contribution in [0, 0.1) is 13.8 Å². The molecule has 0 radical (unpaired) electrons. The van der Waals surface area contributed by atoms with Crippen LogP contribution in [0.15, 0.2) is 60.7 Å². The van der Waals surface area contributed by atoms with Crippen molar-refractivity contribution in [2.45, 2.75) is 27.7 Å². The van der Waals surface area contributed by atoms with Crippen molar-refractivity contribution in [1.29, 1.82) is 0 Å². The zero-order valence-electron chi connectivity index (χ0n) is 25.5. The standard InChI is InChI=1S/C33H44N6O3/c1-6-37(7-2)17-16-34-32(40)27-23-26(35-33(41)36-28-14-12-24(3)22-25(28)4)13-15-29(27)38-18-20-39(21-19-38)30-10-8-9-11-31(30)42-5/h8-15,22-23H,6-7,16-21H2,1-5H3,(H,34,40)(H2,35,36,41). The molecule has 3 amide bonds. The Labute approximate surface area is 249 Å². The Bertz CT molecular complexity index is 1370. The van der Waals surface area contributed by atoms with Gasteiger partial charge in [0.1, 0.15) is 5.75 Å². The highest BCUT2D eigenvalue weighted by Gasteiger charge is 2.24. The number of carbonyl (C=O) groups excluding carboxylic acids is 2. The summed E-state index contributed by atoms with van der Waals surface area (Å²) in [5.41, 5.74) is 5.90. The van der Waals surface area contributed by atoms with E-state index in [9.17, 15) is 9.59 Å². The van der Waals surface area contributed by atoms with Crippen LogP contribution in [-0.2, 0) is 0 Å². The molecule has 9 nitrogen and oxygen atoms in total. The van der Waals surface area contributed by atoms with Gasteiger partial charge in [0.05, 0.1) is 18.4 Å². The molecular weight excluding hydrogens is 528 g/mol. The Morgan fingerprint density at radius 1 is 0.857 bits per heavy atom. The van der Waals surface area contributed by atoms with Gasteiger partial charge in [-0.2, -0.15) is 0 Å². The molecule has 9 heteroatoms. The number of rotatable bonds is 11. The minimum Gasteiger partial charge on any atom is -0.495 e. The summed E-state index contributed by atoms with van der Waals surface area (Å²) >= 11 is 0. The number of methoxy groups -OCH3 is 1. The number of aryl methyl sites for hydroxylation is 2. The Balaban J connectivity index is 1.51. The predicted molar refractivity (Wildman–Crippen MR) is 173 cm³/mol. The third-order valence-electron chi connectivity index (χ3n) is 7.78. The summed E-state index contributed by atoms with van der Waals surface area (Å²) in [5, 5.41) is 8.93. The highest BCUT2D eigenvalue weighted by molar-refractivity contribution is 6.04. The number of anilines is 4. The molecule has 1 aliphatic heterocycles. The van der Waals surface area contributed by atoms with Crippen molar-refractivity contribution in [3.05, 3.63) is 77.4 Å². The first-order valence-corrected chi connectivity index (χ1v) is 14.8. The second-order valence-corrected chi connectivity index (χ2v) is 10.6. The molecular formula is C33H44N6O3. The summed E-state index contributed by atoms with van der Waals surface area (Å²) in [5.74, 6) is 0.705. The molecule has 3 aromatic carbocycles. The van der Waals surface area contributed by atoms with Gasteiger partial charge in [0, 0.05) is 56.3 Å². The van der Waals surface area contributed by atoms with E-state index in [1.165, 1.54) is 0 Å². The van der Waals surface area contributed by atoms with Crippen LogP contribution in [0.3, 0.4) is 0 Å². The first-order chi connectivity index (χ1) is 20.3. The van der Waals surface area contributed by atoms with Gasteiger partial charge in [-0.05, 0) is 68.9 Å². The largest absolute Gasteiger partial charge is 0.495 e. The summed E-state index contributed by atoms with van der Waals surface area (Å²) in [7, 11) is 1.69. The van der Waals surface area contributed by atoms with E-state index in [-0.39, 0.29) is 11.9 Å². The van der Waals surface area contributed by atoms with Crippen LogP contribution in [0.1, 0.15) is 35.3 Å². The van der Waals surface area contributed by atoms with Crippen LogP contribution >= 0.6 is 0 Å². The molecule has 42 heavy (non-hydrogen) atoms. The van der Waals surface area contributed by atoms with E-state index in [0.29, 0.717) is 17.8 Å². The fourth-order valence-corrected chi connectivity index (χ4v) is 5.35. The molecule has 0 bridgehead atoms. The van der Waals surface area contributed by atoms with Crippen molar-refractivity contribution in [3.8, 4) is 5.75 Å². The average Bonchev–Trinajstić information content (AvgIpc) is 3.00. The fourth-order valence-electron chi connectivity index (χ4n) is 5.35. The number of ether oxygens (including phenoxy) is 1. The molecule has 1 fully saturated rings. The summed E-state index contributed by atoms with van der Waals surface area (Å²) in [6, 6.07) is 19.1. The van der Waals surface area contributed by atoms with Crippen molar-refractivity contribution in [2.24, 2.45) is 0 Å². The van der Waals surface area contributed by atoms with Crippen molar-refractivity contribution in [2.75, 3.05) is 79.9 Å². The van der Waals surface area contributed by atoms with Gasteiger partial charge in [-0.25, -0.2) is 4.79 Å². The number of piperazine rings is 1. The average molecular weight is 573 g/mol. The normalized spacial score (nSPS) is 13.2. The minimum atomic E-state index is -0.354. The first kappa shape index (κ1) is 30.7. The number of hydrogen-bond donors (Lipinski definition) is 3. The van der Waals surface area contributed by atoms with Crippen molar-refractivity contribution in [1.82, 2.24) is 10.2 Å². The molecule has 224 valence electrons. The number of para-hydroxylation sites is 2. The van der Waals surface area contributed by atoms with Crippen LogP contribution < -0.4 is 30.5 Å². The molecule has 3 N–H and O–H groups in total. The number of likely N-dealkylation sites (N-methyl/N-ethyl adjacent to an activating group) is 1. The predicted octanol–water partition coefficient (Wildman–Crippen LogP) is 5.35. The number of nitrogens with one attached hydrogen (secondary N) is 3. The van der Waals surface area contributed by atoms with E-state index >= 15 is 0 Å². The number of amides is 3. The van der Waals surface area contributed by atoms with E-state index in [2.05, 4.69) is 50.6 Å². The summed E-state index contributed by atoms with van der Waals surface area (Å²) in [6.07, 6.45) is 0. The van der Waals surface area contributed by atoms with Gasteiger partial charge >= 0.3 is 6.03 Å². The van der Waals surface area contributed by atoms with Crippen LogP contribution in [-0.4, -0.2) is 76.3 Å². The number of hydrogen-bond acceptors (Lipinski definition) is 6. The Hall–Kier alpha value is -4.24. The quantitative estimate of drug-likeness (QED) is 0.287. The molecule has 0 atom stereocenters. The second kappa shape index (κ2) is 14.6. The fraction of sp³-hybridized carbons (Fsp3) is 0.394. The van der Waals surface area contributed by atoms with E-state index in [1.807, 2.05) is 62.4 Å². The first-order valence-electron chi connectivity index (χ1n) is 14.8. The smallest absolute Gasteiger partial charge is 0.323 e. The molecule has 1 aliphatic rings. The highest BCUT2D eigenvalue weighted by atomic mass is 16.5. The topological polar surface area (TPSA) is 89.2 Å². The number of carbonyl (C=O) groups is 2. The zero-order chi connectivity index (χ0) is 30.1. The van der Waals surface area contributed by atoms with Crippen molar-refractivity contribution < 1.29 is 14.3 Å². The van der Waals surface area contributed by atoms with Crippen LogP contribution in [0.2, 0.25) is 0 Å². The van der Waals surface area contributed by atoms with Gasteiger partial charge in [-0.1, -0.05) is 43.7 Å². The monoisotopic (exact) mass is 572 g/mol. The maximum absolute atomic E-state index is 13.5. The number of urea groups is 1. The lowest BCUT2D eigenvalue weighted by Crippen LogP contribution is -2.47. The maximum atomic E-state index is 13.5.